The molecule has 4 amide bonds. The van der Waals surface area contributed by atoms with Gasteiger partial charge in [-0.15, -0.1) is 11.3 Å². The van der Waals surface area contributed by atoms with Crippen molar-refractivity contribution in [2.75, 3.05) is 4.90 Å². The van der Waals surface area contributed by atoms with Crippen LogP contribution in [-0.4, -0.2) is 48.8 Å². The van der Waals surface area contributed by atoms with E-state index in [2.05, 4.69) is 15.9 Å². The normalized spacial score (nSPS) is 28.6. The minimum Gasteiger partial charge on any atom is -0.508 e. The van der Waals surface area contributed by atoms with Gasteiger partial charge in [-0.05, 0) is 80.0 Å². The number of nitrogens with zero attached hydrogens (tertiary/aromatic N) is 4. The lowest BCUT2D eigenvalue weighted by atomic mass is 9.51. The maximum atomic E-state index is 14.8. The molecule has 1 saturated carbocycles. The van der Waals surface area contributed by atoms with E-state index in [4.69, 9.17) is 16.7 Å². The van der Waals surface area contributed by atoms with E-state index in [1.165, 1.54) is 15.6 Å². The van der Waals surface area contributed by atoms with E-state index in [9.17, 15) is 29.5 Å². The molecule has 4 aliphatic rings. The molecule has 240 valence electrons. The van der Waals surface area contributed by atoms with Gasteiger partial charge in [-0.1, -0.05) is 39.2 Å². The maximum Gasteiger partial charge on any atom is 0.257 e. The highest BCUT2D eigenvalue weighted by Gasteiger charge is 2.68. The number of carbonyl (C=O) groups is 4. The van der Waals surface area contributed by atoms with Crippen LogP contribution in [0.1, 0.15) is 36.8 Å². The van der Waals surface area contributed by atoms with Gasteiger partial charge in [0.15, 0.2) is 0 Å². The van der Waals surface area contributed by atoms with Gasteiger partial charge in [0.25, 0.3) is 11.8 Å². The Labute approximate surface area is 286 Å². The topological polar surface area (TPSA) is 133 Å². The molecule has 3 fully saturated rings. The quantitative estimate of drug-likeness (QED) is 0.142. The van der Waals surface area contributed by atoms with Crippen LogP contribution in [0.2, 0.25) is 5.02 Å². The van der Waals surface area contributed by atoms with Gasteiger partial charge in [0.1, 0.15) is 17.3 Å². The molecule has 6 atom stereocenters. The fourth-order valence-corrected chi connectivity index (χ4v) is 10.2. The first kappa shape index (κ1) is 30.5. The first-order chi connectivity index (χ1) is 22.3. The molecule has 8 rings (SSSR count). The average molecular weight is 736 g/mol. The number of phenols is 1. The molecule has 2 aromatic carbocycles. The summed E-state index contributed by atoms with van der Waals surface area (Å²) in [5.41, 5.74) is 1.40. The molecule has 2 aromatic heterocycles. The number of rotatable bonds is 3. The van der Waals surface area contributed by atoms with Crippen LogP contribution in [0.5, 0.6) is 5.75 Å². The van der Waals surface area contributed by atoms with Crippen molar-refractivity contribution in [3.8, 4) is 16.3 Å². The first-order valence-electron chi connectivity index (χ1n) is 15.2. The second-order valence-corrected chi connectivity index (χ2v) is 15.5. The van der Waals surface area contributed by atoms with Crippen LogP contribution in [-0.2, 0) is 26.2 Å². The van der Waals surface area contributed by atoms with Crippen LogP contribution in [0, 0.1) is 36.0 Å². The molecule has 13 heteroatoms. The minimum absolute atomic E-state index is 0.0543. The van der Waals surface area contributed by atoms with Crippen LogP contribution in [0.4, 0.5) is 5.82 Å². The summed E-state index contributed by atoms with van der Waals surface area (Å²) in [6.45, 7) is 3.74. The van der Waals surface area contributed by atoms with Crippen molar-refractivity contribution in [1.82, 2.24) is 14.8 Å². The smallest absolute Gasteiger partial charge is 0.257 e. The Bertz CT molecular complexity index is 2140. The Hall–Kier alpha value is -3.84. The number of amides is 4. The molecule has 0 spiro atoms. The Morgan fingerprint density at radius 3 is 2.57 bits per heavy atom. The fraction of sp³-hybridized carbons (Fsp3) is 0.324. The standard InChI is InChI=1S/C34H28BrClN4O6S/c1-14-19-11-16(36)5-9-25(19)47-29(14)23-13-26(38(3)37-23)39-31(43)22-12-20-17(6-7-18-27(20)32(44)40(46)30(18)42)28(34(22,2)33(39)45)21-10-15(35)4-8-24(21)41/h4-6,8-11,13,18,20,22,27-28,41,46H,7,12H2,1-3H3. The van der Waals surface area contributed by atoms with Gasteiger partial charge in [0.2, 0.25) is 11.8 Å². The number of phenolic OH excluding ortho intramolecular Hbond substituents is 1. The zero-order valence-electron chi connectivity index (χ0n) is 25.4. The molecule has 4 heterocycles. The van der Waals surface area contributed by atoms with Gasteiger partial charge in [-0.3, -0.25) is 29.1 Å². The number of imide groups is 2. The van der Waals surface area contributed by atoms with Crippen molar-refractivity contribution >= 4 is 78.4 Å². The van der Waals surface area contributed by atoms with Crippen molar-refractivity contribution in [2.45, 2.75) is 32.6 Å². The van der Waals surface area contributed by atoms with Gasteiger partial charge < -0.3 is 5.11 Å². The van der Waals surface area contributed by atoms with Crippen LogP contribution >= 0.6 is 38.9 Å². The zero-order chi connectivity index (χ0) is 33.3. The predicted molar refractivity (Wildman–Crippen MR) is 178 cm³/mol. The van der Waals surface area contributed by atoms with Crippen LogP contribution < -0.4 is 4.90 Å². The summed E-state index contributed by atoms with van der Waals surface area (Å²) in [5.74, 6) is -5.91. The molecule has 10 nitrogen and oxygen atoms in total. The monoisotopic (exact) mass is 734 g/mol. The van der Waals surface area contributed by atoms with E-state index in [-0.39, 0.29) is 23.7 Å². The summed E-state index contributed by atoms with van der Waals surface area (Å²) < 4.78 is 3.23. The number of aromatic nitrogens is 2. The zero-order valence-corrected chi connectivity index (χ0v) is 28.6. The number of hydrogen-bond acceptors (Lipinski definition) is 8. The number of fused-ring (bicyclic) bond motifs is 5. The molecule has 6 unspecified atom stereocenters. The second-order valence-electron chi connectivity index (χ2n) is 13.1. The molecule has 4 aromatic rings. The molecule has 0 radical (unpaired) electrons. The molecular formula is C34H28BrClN4O6S. The highest BCUT2D eigenvalue weighted by Crippen LogP contribution is 2.64. The molecule has 2 aliphatic carbocycles. The van der Waals surface area contributed by atoms with E-state index in [1.807, 2.05) is 31.2 Å². The average Bonchev–Trinajstić information content (AvgIpc) is 3.70. The predicted octanol–water partition coefficient (Wildman–Crippen LogP) is 6.35. The van der Waals surface area contributed by atoms with E-state index >= 15 is 0 Å². The van der Waals surface area contributed by atoms with Gasteiger partial charge >= 0.3 is 0 Å². The SMILES string of the molecule is Cc1c(-c2cc(N3C(=O)C4CC5C(=CCC6C(=O)N(O)C(=O)C65)C(c5cc(Br)ccc5O)C4(C)C3=O)n(C)n2)sc2ccc(Cl)cc12. The van der Waals surface area contributed by atoms with Crippen LogP contribution in [0.25, 0.3) is 20.7 Å². The number of anilines is 1. The summed E-state index contributed by atoms with van der Waals surface area (Å²) >= 11 is 11.3. The molecule has 2 N–H and O–H groups in total. The summed E-state index contributed by atoms with van der Waals surface area (Å²) in [5, 5.41) is 28.1. The summed E-state index contributed by atoms with van der Waals surface area (Å²) in [6.07, 6.45) is 2.19. The molecule has 2 aliphatic heterocycles. The maximum absolute atomic E-state index is 14.8. The van der Waals surface area contributed by atoms with Crippen molar-refractivity contribution in [3.05, 3.63) is 74.7 Å². The van der Waals surface area contributed by atoms with Crippen LogP contribution in [0.3, 0.4) is 0 Å². The largest absolute Gasteiger partial charge is 0.508 e. The summed E-state index contributed by atoms with van der Waals surface area (Å²) in [7, 11) is 1.69. The highest BCUT2D eigenvalue weighted by atomic mass is 79.9. The van der Waals surface area contributed by atoms with E-state index in [0.29, 0.717) is 32.1 Å². The van der Waals surface area contributed by atoms with Gasteiger partial charge in [-0.25, -0.2) is 4.90 Å². The molecule has 2 saturated heterocycles. The Morgan fingerprint density at radius 2 is 1.81 bits per heavy atom. The Morgan fingerprint density at radius 1 is 1.04 bits per heavy atom. The third-order valence-electron chi connectivity index (χ3n) is 10.8. The lowest BCUT2D eigenvalue weighted by Crippen LogP contribution is -2.48. The molecular weight excluding hydrogens is 708 g/mol. The third-order valence-corrected chi connectivity index (χ3v) is 12.8. The number of aryl methyl sites for hydroxylation is 2. The lowest BCUT2D eigenvalue weighted by molar-refractivity contribution is -0.173. The summed E-state index contributed by atoms with van der Waals surface area (Å²) in [6, 6.07) is 12.4. The Kier molecular flexibility index (Phi) is 6.70. The van der Waals surface area contributed by atoms with E-state index in [0.717, 1.165) is 20.5 Å². The van der Waals surface area contributed by atoms with Crippen molar-refractivity contribution < 1.29 is 29.5 Å². The number of carbonyl (C=O) groups excluding carboxylic acids is 4. The summed E-state index contributed by atoms with van der Waals surface area (Å²) in [4.78, 5) is 57.5. The van der Waals surface area contributed by atoms with Gasteiger partial charge in [-0.2, -0.15) is 10.2 Å². The number of benzene rings is 2. The van der Waals surface area contributed by atoms with E-state index < -0.39 is 58.6 Å². The van der Waals surface area contributed by atoms with Gasteiger partial charge in [0, 0.05) is 38.8 Å². The first-order valence-corrected chi connectivity index (χ1v) is 17.2. The molecule has 47 heavy (non-hydrogen) atoms. The van der Waals surface area contributed by atoms with Gasteiger partial charge in [0.05, 0.1) is 28.0 Å². The Balaban J connectivity index is 1.27. The number of allylic oxidation sites excluding steroid dienone is 2. The molecule has 0 bridgehead atoms. The third kappa shape index (κ3) is 4.08. The van der Waals surface area contributed by atoms with Crippen LogP contribution in [0.15, 0.2) is 58.6 Å². The number of aromatic hydroxyl groups is 1. The fourth-order valence-electron chi connectivity index (χ4n) is 8.53. The van der Waals surface area contributed by atoms with E-state index in [1.54, 1.807) is 43.5 Å². The van der Waals surface area contributed by atoms with Crippen molar-refractivity contribution in [2.24, 2.45) is 36.1 Å². The number of thiophene rings is 1. The lowest BCUT2D eigenvalue weighted by Gasteiger charge is -2.49. The number of hydroxylamine groups is 2. The minimum atomic E-state index is -1.34. The van der Waals surface area contributed by atoms with Crippen molar-refractivity contribution in [1.29, 1.82) is 0 Å². The highest BCUT2D eigenvalue weighted by molar-refractivity contribution is 9.10. The van der Waals surface area contributed by atoms with Crippen molar-refractivity contribution in [3.63, 3.8) is 0 Å². The number of hydrogen-bond donors (Lipinski definition) is 2. The number of halogens is 2. The second kappa shape index (κ2) is 10.3.